The van der Waals surface area contributed by atoms with Gasteiger partial charge >= 0.3 is 0 Å². The molecule has 2 N–H and O–H groups in total. The molecular weight excluding hydrogens is 224 g/mol. The third-order valence-corrected chi connectivity index (χ3v) is 3.33. The van der Waals surface area contributed by atoms with Gasteiger partial charge in [-0.15, -0.1) is 12.4 Å². The number of halogens is 1. The number of rotatable bonds is 4. The van der Waals surface area contributed by atoms with E-state index in [0.717, 1.165) is 32.2 Å². The van der Waals surface area contributed by atoms with Crippen molar-refractivity contribution < 1.29 is 4.79 Å². The maximum Gasteiger partial charge on any atom is 0.223 e. The molecule has 0 spiro atoms. The third-order valence-electron chi connectivity index (χ3n) is 3.33. The van der Waals surface area contributed by atoms with Crippen LogP contribution in [-0.4, -0.2) is 24.5 Å². The molecule has 1 rings (SSSR count). The number of piperidine rings is 1. The molecule has 0 aromatic rings. The molecule has 1 aliphatic rings. The van der Waals surface area contributed by atoms with Crippen LogP contribution in [-0.2, 0) is 4.79 Å². The highest BCUT2D eigenvalue weighted by Gasteiger charge is 2.22. The van der Waals surface area contributed by atoms with E-state index in [0.29, 0.717) is 12.1 Å². The first-order chi connectivity index (χ1) is 7.17. The van der Waals surface area contributed by atoms with Crippen LogP contribution in [0.2, 0.25) is 0 Å². The lowest BCUT2D eigenvalue weighted by atomic mass is 9.98. The van der Waals surface area contributed by atoms with Crippen molar-refractivity contribution in [2.75, 3.05) is 6.54 Å². The molecule has 1 saturated heterocycles. The van der Waals surface area contributed by atoms with Gasteiger partial charge in [0, 0.05) is 18.0 Å². The number of carbonyl (C=O) groups is 1. The summed E-state index contributed by atoms with van der Waals surface area (Å²) in [5.41, 5.74) is 0. The molecule has 1 heterocycles. The van der Waals surface area contributed by atoms with E-state index in [9.17, 15) is 4.79 Å². The fourth-order valence-corrected chi connectivity index (χ4v) is 2.24. The zero-order chi connectivity index (χ0) is 11.3. The molecule has 0 saturated carbocycles. The van der Waals surface area contributed by atoms with Gasteiger partial charge in [0.2, 0.25) is 5.91 Å². The average molecular weight is 249 g/mol. The van der Waals surface area contributed by atoms with Gasteiger partial charge in [0.05, 0.1) is 0 Å². The van der Waals surface area contributed by atoms with E-state index in [1.807, 2.05) is 0 Å². The number of carbonyl (C=O) groups excluding carboxylic acids is 1. The zero-order valence-corrected chi connectivity index (χ0v) is 11.4. The van der Waals surface area contributed by atoms with Crippen LogP contribution in [0.4, 0.5) is 0 Å². The van der Waals surface area contributed by atoms with E-state index < -0.39 is 0 Å². The molecule has 1 fully saturated rings. The van der Waals surface area contributed by atoms with Gasteiger partial charge in [-0.25, -0.2) is 0 Å². The molecule has 1 aliphatic heterocycles. The molecule has 2 atom stereocenters. The Hall–Kier alpha value is -0.280. The smallest absolute Gasteiger partial charge is 0.223 e. The molecule has 0 aliphatic carbocycles. The van der Waals surface area contributed by atoms with Gasteiger partial charge in [0.15, 0.2) is 0 Å². The van der Waals surface area contributed by atoms with Crippen molar-refractivity contribution in [3.05, 3.63) is 0 Å². The van der Waals surface area contributed by atoms with Gasteiger partial charge in [-0.2, -0.15) is 0 Å². The summed E-state index contributed by atoms with van der Waals surface area (Å²) in [7, 11) is 0. The van der Waals surface area contributed by atoms with Crippen LogP contribution >= 0.6 is 12.4 Å². The van der Waals surface area contributed by atoms with Crippen molar-refractivity contribution in [1.29, 1.82) is 0 Å². The summed E-state index contributed by atoms with van der Waals surface area (Å²) in [6.45, 7) is 7.36. The van der Waals surface area contributed by atoms with Gasteiger partial charge in [0.1, 0.15) is 0 Å². The Bertz CT molecular complexity index is 207. The van der Waals surface area contributed by atoms with E-state index in [1.54, 1.807) is 0 Å². The average Bonchev–Trinajstić information content (AvgIpc) is 2.19. The molecule has 4 heteroatoms. The van der Waals surface area contributed by atoms with Crippen molar-refractivity contribution in [1.82, 2.24) is 10.6 Å². The summed E-state index contributed by atoms with van der Waals surface area (Å²) in [5.74, 6) is 0.453. The molecule has 96 valence electrons. The normalized spacial score (nSPS) is 25.0. The zero-order valence-electron chi connectivity index (χ0n) is 10.6. The summed E-state index contributed by atoms with van der Waals surface area (Å²) in [6, 6.07) is 0.917. The van der Waals surface area contributed by atoms with Crippen molar-refractivity contribution in [2.45, 2.75) is 58.5 Å². The topological polar surface area (TPSA) is 41.1 Å². The van der Waals surface area contributed by atoms with Crippen LogP contribution in [0, 0.1) is 5.92 Å². The van der Waals surface area contributed by atoms with Gasteiger partial charge in [0.25, 0.3) is 0 Å². The molecule has 3 nitrogen and oxygen atoms in total. The van der Waals surface area contributed by atoms with E-state index in [-0.39, 0.29) is 24.2 Å². The van der Waals surface area contributed by atoms with Gasteiger partial charge in [-0.05, 0) is 39.2 Å². The Morgan fingerprint density at radius 2 is 2.06 bits per heavy atom. The number of hydrogen-bond donors (Lipinski definition) is 2. The first-order valence-corrected chi connectivity index (χ1v) is 6.21. The van der Waals surface area contributed by atoms with E-state index >= 15 is 0 Å². The van der Waals surface area contributed by atoms with Crippen molar-refractivity contribution in [3.63, 3.8) is 0 Å². The van der Waals surface area contributed by atoms with Gasteiger partial charge in [-0.3, -0.25) is 4.79 Å². The molecule has 0 radical (unpaired) electrons. The maximum atomic E-state index is 11.8. The molecular formula is C12H25ClN2O. The first-order valence-electron chi connectivity index (χ1n) is 6.21. The van der Waals surface area contributed by atoms with Crippen LogP contribution in [0.5, 0.6) is 0 Å². The molecule has 0 aromatic heterocycles. The van der Waals surface area contributed by atoms with Crippen LogP contribution in [0.3, 0.4) is 0 Å². The monoisotopic (exact) mass is 248 g/mol. The van der Waals surface area contributed by atoms with E-state index in [1.165, 1.54) is 0 Å². The van der Waals surface area contributed by atoms with Crippen LogP contribution in [0.1, 0.15) is 46.5 Å². The van der Waals surface area contributed by atoms with Crippen LogP contribution < -0.4 is 10.6 Å². The summed E-state index contributed by atoms with van der Waals surface area (Å²) in [6.07, 6.45) is 4.02. The molecule has 0 aromatic carbocycles. The number of nitrogens with one attached hydrogen (secondary N) is 2. The highest BCUT2D eigenvalue weighted by Crippen LogP contribution is 2.12. The second-order valence-corrected chi connectivity index (χ2v) is 4.60. The van der Waals surface area contributed by atoms with Crippen LogP contribution in [0.15, 0.2) is 0 Å². The minimum absolute atomic E-state index is 0. The summed E-state index contributed by atoms with van der Waals surface area (Å²) in [5, 5.41) is 6.56. The van der Waals surface area contributed by atoms with Gasteiger partial charge in [-0.1, -0.05) is 13.8 Å². The largest absolute Gasteiger partial charge is 0.353 e. The quantitative estimate of drug-likeness (QED) is 0.800. The lowest BCUT2D eigenvalue weighted by Crippen LogP contribution is -2.47. The molecule has 16 heavy (non-hydrogen) atoms. The lowest BCUT2D eigenvalue weighted by molar-refractivity contribution is -0.126. The van der Waals surface area contributed by atoms with E-state index in [4.69, 9.17) is 0 Å². The Kier molecular flexibility index (Phi) is 7.77. The predicted octanol–water partition coefficient (Wildman–Crippen LogP) is 2.10. The minimum Gasteiger partial charge on any atom is -0.353 e. The number of hydrogen-bond acceptors (Lipinski definition) is 2. The highest BCUT2D eigenvalue weighted by molar-refractivity contribution is 5.85. The lowest BCUT2D eigenvalue weighted by Gasteiger charge is -2.29. The maximum absolute atomic E-state index is 11.8. The fourth-order valence-electron chi connectivity index (χ4n) is 2.24. The molecule has 2 unspecified atom stereocenters. The summed E-state index contributed by atoms with van der Waals surface area (Å²) in [4.78, 5) is 11.8. The Labute approximate surface area is 105 Å². The predicted molar refractivity (Wildman–Crippen MR) is 69.9 cm³/mol. The minimum atomic E-state index is 0. The SMILES string of the molecule is CCC(CC)C(=O)NC1CCNC(C)C1.Cl. The Morgan fingerprint density at radius 3 is 2.56 bits per heavy atom. The highest BCUT2D eigenvalue weighted by atomic mass is 35.5. The van der Waals surface area contributed by atoms with Crippen molar-refractivity contribution in [2.24, 2.45) is 5.92 Å². The second-order valence-electron chi connectivity index (χ2n) is 4.60. The number of amides is 1. The third kappa shape index (κ3) is 4.71. The summed E-state index contributed by atoms with van der Waals surface area (Å²) < 4.78 is 0. The van der Waals surface area contributed by atoms with E-state index in [2.05, 4.69) is 31.4 Å². The molecule has 0 bridgehead atoms. The van der Waals surface area contributed by atoms with Crippen molar-refractivity contribution in [3.8, 4) is 0 Å². The van der Waals surface area contributed by atoms with Crippen LogP contribution in [0.25, 0.3) is 0 Å². The van der Waals surface area contributed by atoms with Crippen molar-refractivity contribution >= 4 is 18.3 Å². The Morgan fingerprint density at radius 1 is 1.44 bits per heavy atom. The first kappa shape index (κ1) is 15.7. The molecule has 1 amide bonds. The van der Waals surface area contributed by atoms with Gasteiger partial charge < -0.3 is 10.6 Å². The summed E-state index contributed by atoms with van der Waals surface area (Å²) >= 11 is 0. The standard InChI is InChI=1S/C12H24N2O.ClH/c1-4-10(5-2)12(15)14-11-6-7-13-9(3)8-11;/h9-11,13H,4-8H2,1-3H3,(H,14,15);1H. The fraction of sp³-hybridized carbons (Fsp3) is 0.917. The second kappa shape index (κ2) is 7.91. The Balaban J connectivity index is 0.00000225.